The van der Waals surface area contributed by atoms with Crippen molar-refractivity contribution in [1.29, 1.82) is 0 Å². The van der Waals surface area contributed by atoms with Crippen molar-refractivity contribution in [2.45, 2.75) is 32.7 Å². The van der Waals surface area contributed by atoms with E-state index in [1.165, 1.54) is 11.1 Å². The number of nitrogens with zero attached hydrogens (tertiary/aromatic N) is 1. The van der Waals surface area contributed by atoms with Gasteiger partial charge in [0.15, 0.2) is 0 Å². The summed E-state index contributed by atoms with van der Waals surface area (Å²) in [6.45, 7) is 4.32. The van der Waals surface area contributed by atoms with Crippen LogP contribution in [-0.2, 0) is 13.0 Å². The molecule has 2 N–H and O–H groups in total. The minimum Gasteiger partial charge on any atom is -0.396 e. The van der Waals surface area contributed by atoms with Crippen LogP contribution in [0.1, 0.15) is 30.9 Å². The molecule has 1 fully saturated rings. The van der Waals surface area contributed by atoms with Gasteiger partial charge in [0, 0.05) is 26.2 Å². The van der Waals surface area contributed by atoms with E-state index in [4.69, 9.17) is 0 Å². The molecule has 20 heavy (non-hydrogen) atoms. The largest absolute Gasteiger partial charge is 0.396 e. The summed E-state index contributed by atoms with van der Waals surface area (Å²) in [5.74, 6) is 0.234. The van der Waals surface area contributed by atoms with Gasteiger partial charge in [-0.2, -0.15) is 0 Å². The molecule has 2 amide bonds. The van der Waals surface area contributed by atoms with Gasteiger partial charge in [-0.15, -0.1) is 0 Å². The Morgan fingerprint density at radius 1 is 1.40 bits per heavy atom. The molecule has 0 aliphatic carbocycles. The molecular formula is C16H24N2O2. The van der Waals surface area contributed by atoms with Gasteiger partial charge in [0.1, 0.15) is 0 Å². The number of hydrogen-bond donors (Lipinski definition) is 2. The fraction of sp³-hybridized carbons (Fsp3) is 0.562. The number of rotatable bonds is 4. The smallest absolute Gasteiger partial charge is 0.317 e. The Labute approximate surface area is 120 Å². The molecule has 1 saturated heterocycles. The molecule has 0 saturated carbocycles. The summed E-state index contributed by atoms with van der Waals surface area (Å²) in [5, 5.41) is 12.2. The Hall–Kier alpha value is -1.55. The van der Waals surface area contributed by atoms with Gasteiger partial charge in [0.2, 0.25) is 0 Å². The number of piperidine rings is 1. The van der Waals surface area contributed by atoms with Gasteiger partial charge in [-0.1, -0.05) is 31.2 Å². The second kappa shape index (κ2) is 7.29. The Morgan fingerprint density at radius 3 is 2.85 bits per heavy atom. The molecule has 1 aromatic carbocycles. The molecular weight excluding hydrogens is 252 g/mol. The van der Waals surface area contributed by atoms with E-state index in [2.05, 4.69) is 24.4 Å². The first-order valence-corrected chi connectivity index (χ1v) is 7.45. The molecule has 1 aromatic rings. The molecule has 0 aromatic heterocycles. The number of carbonyl (C=O) groups excluding carboxylic acids is 1. The third-order valence-electron chi connectivity index (χ3n) is 3.99. The van der Waals surface area contributed by atoms with Crippen LogP contribution >= 0.6 is 0 Å². The standard InChI is InChI=1S/C16H24N2O2/c1-2-14-7-3-4-8-15(14)10-17-16(20)18-9-5-6-13(11-18)12-19/h3-4,7-8,13,19H,2,5-6,9-12H2,1H3,(H,17,20). The predicted molar refractivity (Wildman–Crippen MR) is 79.4 cm³/mol. The Morgan fingerprint density at radius 2 is 2.15 bits per heavy atom. The topological polar surface area (TPSA) is 52.6 Å². The molecule has 1 aliphatic rings. The van der Waals surface area contributed by atoms with Crippen LogP contribution in [0, 0.1) is 5.92 Å². The van der Waals surface area contributed by atoms with Crippen molar-refractivity contribution >= 4 is 6.03 Å². The zero-order chi connectivity index (χ0) is 14.4. The van der Waals surface area contributed by atoms with Crippen LogP contribution in [0.5, 0.6) is 0 Å². The quantitative estimate of drug-likeness (QED) is 0.885. The summed E-state index contributed by atoms with van der Waals surface area (Å²) in [5.41, 5.74) is 2.46. The third kappa shape index (κ3) is 3.73. The maximum atomic E-state index is 12.2. The fourth-order valence-electron chi connectivity index (χ4n) is 2.76. The molecule has 2 rings (SSSR count). The Balaban J connectivity index is 1.88. The van der Waals surface area contributed by atoms with Crippen molar-refractivity contribution in [1.82, 2.24) is 10.2 Å². The molecule has 110 valence electrons. The normalized spacial score (nSPS) is 18.9. The highest BCUT2D eigenvalue weighted by molar-refractivity contribution is 5.74. The maximum absolute atomic E-state index is 12.2. The molecule has 1 unspecified atom stereocenters. The van der Waals surface area contributed by atoms with Crippen LogP contribution in [-0.4, -0.2) is 35.7 Å². The first-order valence-electron chi connectivity index (χ1n) is 7.45. The number of carbonyl (C=O) groups is 1. The average molecular weight is 276 g/mol. The third-order valence-corrected chi connectivity index (χ3v) is 3.99. The lowest BCUT2D eigenvalue weighted by molar-refractivity contribution is 0.129. The van der Waals surface area contributed by atoms with Crippen LogP contribution in [0.25, 0.3) is 0 Å². The molecule has 4 heteroatoms. The summed E-state index contributed by atoms with van der Waals surface area (Å²) >= 11 is 0. The molecule has 4 nitrogen and oxygen atoms in total. The zero-order valence-corrected chi connectivity index (χ0v) is 12.1. The van der Waals surface area contributed by atoms with Crippen molar-refractivity contribution < 1.29 is 9.90 Å². The van der Waals surface area contributed by atoms with E-state index in [0.29, 0.717) is 13.1 Å². The van der Waals surface area contributed by atoms with Gasteiger partial charge in [-0.3, -0.25) is 0 Å². The highest BCUT2D eigenvalue weighted by atomic mass is 16.3. The first kappa shape index (κ1) is 14.9. The van der Waals surface area contributed by atoms with Gasteiger partial charge < -0.3 is 15.3 Å². The second-order valence-corrected chi connectivity index (χ2v) is 5.42. The number of aliphatic hydroxyl groups is 1. The maximum Gasteiger partial charge on any atom is 0.317 e. The van der Waals surface area contributed by atoms with Crippen LogP contribution in [0.2, 0.25) is 0 Å². The molecule has 0 bridgehead atoms. The van der Waals surface area contributed by atoms with E-state index in [-0.39, 0.29) is 18.6 Å². The van der Waals surface area contributed by atoms with Crippen molar-refractivity contribution in [3.05, 3.63) is 35.4 Å². The van der Waals surface area contributed by atoms with E-state index in [1.807, 2.05) is 17.0 Å². The van der Waals surface area contributed by atoms with Crippen molar-refractivity contribution in [3.8, 4) is 0 Å². The predicted octanol–water partition coefficient (Wildman–Crippen LogP) is 2.16. The summed E-state index contributed by atoms with van der Waals surface area (Å²) in [6, 6.07) is 8.18. The van der Waals surface area contributed by atoms with Gasteiger partial charge in [0.25, 0.3) is 0 Å². The van der Waals surface area contributed by atoms with E-state index in [0.717, 1.165) is 25.8 Å². The summed E-state index contributed by atoms with van der Waals surface area (Å²) < 4.78 is 0. The molecule has 0 spiro atoms. The zero-order valence-electron chi connectivity index (χ0n) is 12.1. The second-order valence-electron chi connectivity index (χ2n) is 5.42. The lowest BCUT2D eigenvalue weighted by Crippen LogP contribution is -2.46. The average Bonchev–Trinajstić information content (AvgIpc) is 2.52. The van der Waals surface area contributed by atoms with Crippen LogP contribution in [0.3, 0.4) is 0 Å². The molecule has 0 radical (unpaired) electrons. The van der Waals surface area contributed by atoms with Crippen molar-refractivity contribution in [2.24, 2.45) is 5.92 Å². The number of nitrogens with one attached hydrogen (secondary N) is 1. The number of aryl methyl sites for hydroxylation is 1. The van der Waals surface area contributed by atoms with Gasteiger partial charge >= 0.3 is 6.03 Å². The van der Waals surface area contributed by atoms with Crippen molar-refractivity contribution in [3.63, 3.8) is 0 Å². The van der Waals surface area contributed by atoms with Crippen LogP contribution in [0.15, 0.2) is 24.3 Å². The van der Waals surface area contributed by atoms with E-state index >= 15 is 0 Å². The minimum absolute atomic E-state index is 0.0194. The van der Waals surface area contributed by atoms with Crippen molar-refractivity contribution in [2.75, 3.05) is 19.7 Å². The molecule has 1 atom stereocenters. The number of urea groups is 1. The Bertz CT molecular complexity index is 448. The number of amides is 2. The molecule has 1 heterocycles. The lowest BCUT2D eigenvalue weighted by Gasteiger charge is -2.31. The Kier molecular flexibility index (Phi) is 5.41. The van der Waals surface area contributed by atoms with E-state index in [9.17, 15) is 9.90 Å². The van der Waals surface area contributed by atoms with Gasteiger partial charge in [0.05, 0.1) is 0 Å². The monoisotopic (exact) mass is 276 g/mol. The lowest BCUT2D eigenvalue weighted by atomic mass is 9.99. The van der Waals surface area contributed by atoms with Crippen LogP contribution < -0.4 is 5.32 Å². The van der Waals surface area contributed by atoms with Crippen LogP contribution in [0.4, 0.5) is 4.79 Å². The SMILES string of the molecule is CCc1ccccc1CNC(=O)N1CCCC(CO)C1. The van der Waals surface area contributed by atoms with Gasteiger partial charge in [-0.25, -0.2) is 4.79 Å². The number of hydrogen-bond acceptors (Lipinski definition) is 2. The molecule has 1 aliphatic heterocycles. The minimum atomic E-state index is -0.0194. The van der Waals surface area contributed by atoms with E-state index < -0.39 is 0 Å². The summed E-state index contributed by atoms with van der Waals surface area (Å²) in [6.07, 6.45) is 2.96. The fourth-order valence-corrected chi connectivity index (χ4v) is 2.76. The first-order chi connectivity index (χ1) is 9.74. The number of likely N-dealkylation sites (tertiary alicyclic amines) is 1. The number of benzene rings is 1. The summed E-state index contributed by atoms with van der Waals surface area (Å²) in [7, 11) is 0. The summed E-state index contributed by atoms with van der Waals surface area (Å²) in [4.78, 5) is 14.0. The highest BCUT2D eigenvalue weighted by Crippen LogP contribution is 2.16. The van der Waals surface area contributed by atoms with E-state index in [1.54, 1.807) is 0 Å². The highest BCUT2D eigenvalue weighted by Gasteiger charge is 2.22. The number of aliphatic hydroxyl groups excluding tert-OH is 1. The van der Waals surface area contributed by atoms with Gasteiger partial charge in [-0.05, 0) is 36.3 Å².